The summed E-state index contributed by atoms with van der Waals surface area (Å²) in [5.41, 5.74) is -0.491. The zero-order valence-corrected chi connectivity index (χ0v) is 17.6. The molecule has 0 amide bonds. The molecule has 0 atom stereocenters. The lowest BCUT2D eigenvalue weighted by Crippen LogP contribution is -2.14. The van der Waals surface area contributed by atoms with Gasteiger partial charge in [0.05, 0.1) is 17.0 Å². The van der Waals surface area contributed by atoms with E-state index in [1.54, 1.807) is 16.8 Å². The van der Waals surface area contributed by atoms with Crippen LogP contribution in [0.25, 0.3) is 0 Å². The molecule has 5 nitrogen and oxygen atoms in total. The monoisotopic (exact) mass is 484 g/mol. The van der Waals surface area contributed by atoms with E-state index in [0.29, 0.717) is 29.1 Å². The zero-order chi connectivity index (χ0) is 21.0. The number of rotatable bonds is 6. The molecule has 1 aromatic heterocycles. The lowest BCUT2D eigenvalue weighted by molar-refractivity contribution is -0.137. The summed E-state index contributed by atoms with van der Waals surface area (Å²) in [4.78, 5) is 4.65. The van der Waals surface area contributed by atoms with Gasteiger partial charge < -0.3 is 10.1 Å². The molecule has 0 aliphatic rings. The topological polar surface area (TPSA) is 52.0 Å². The number of aryl methyl sites for hydroxylation is 1. The lowest BCUT2D eigenvalue weighted by Gasteiger charge is -2.10. The van der Waals surface area contributed by atoms with Crippen molar-refractivity contribution >= 4 is 38.8 Å². The second-order valence-corrected chi connectivity index (χ2v) is 7.39. The summed E-state index contributed by atoms with van der Waals surface area (Å²) >= 11 is 8.62. The maximum absolute atomic E-state index is 12.8. The summed E-state index contributed by atoms with van der Waals surface area (Å²) in [6, 6.07) is 12.4. The molecule has 29 heavy (non-hydrogen) atoms. The van der Waals surface area contributed by atoms with E-state index in [9.17, 15) is 13.2 Å². The summed E-state index contributed by atoms with van der Waals surface area (Å²) in [5, 5.41) is 7.15. The number of alkyl halides is 3. The summed E-state index contributed by atoms with van der Waals surface area (Å²) < 4.78 is 46.8. The van der Waals surface area contributed by atoms with Gasteiger partial charge in [0.15, 0.2) is 5.82 Å². The molecule has 0 saturated heterocycles. The second-order valence-electron chi connectivity index (χ2n) is 5.99. The minimum atomic E-state index is -4.42. The third-order valence-corrected chi connectivity index (χ3v) is 4.57. The number of ether oxygens (including phenoxy) is 1. The van der Waals surface area contributed by atoms with Gasteiger partial charge in [0.1, 0.15) is 5.75 Å². The molecular formula is C19H16BrF3N4OS. The maximum atomic E-state index is 12.8. The quantitative estimate of drug-likeness (QED) is 0.444. The molecule has 0 saturated carbocycles. The Hall–Kier alpha value is -2.46. The maximum Gasteiger partial charge on any atom is 0.416 e. The number of thiocarbonyl (C=S) groups is 1. The van der Waals surface area contributed by atoms with E-state index in [-0.39, 0.29) is 12.1 Å². The Bertz CT molecular complexity index is 1010. The van der Waals surface area contributed by atoms with Gasteiger partial charge in [-0.15, -0.1) is 0 Å². The molecule has 152 valence electrons. The summed E-state index contributed by atoms with van der Waals surface area (Å²) in [7, 11) is 0. The minimum Gasteiger partial charge on any atom is -0.424 e. The van der Waals surface area contributed by atoms with E-state index in [1.165, 1.54) is 12.1 Å². The molecule has 0 unspecified atom stereocenters. The summed E-state index contributed by atoms with van der Waals surface area (Å²) in [5.74, 6) is 1.01. The van der Waals surface area contributed by atoms with E-state index in [2.05, 4.69) is 31.3 Å². The van der Waals surface area contributed by atoms with Gasteiger partial charge in [0.2, 0.25) is 0 Å². The molecule has 0 spiro atoms. The van der Waals surface area contributed by atoms with Gasteiger partial charge in [-0.3, -0.25) is 0 Å². The van der Waals surface area contributed by atoms with Crippen LogP contribution in [0, 0.1) is 0 Å². The van der Waals surface area contributed by atoms with Crippen LogP contribution in [-0.4, -0.2) is 19.8 Å². The standard InChI is InChI=1S/C19H16BrF3N4OS/c1-2-27-18(28-15-8-6-13(20)7-9-15)25-16(26-27)11-17(29)24-14-5-3-4-12(10-14)19(21,22)23/h3-10H,2,11H2,1H3,(H,24,29). The van der Waals surface area contributed by atoms with Crippen molar-refractivity contribution in [2.24, 2.45) is 0 Å². The Morgan fingerprint density at radius 1 is 1.21 bits per heavy atom. The van der Waals surface area contributed by atoms with Gasteiger partial charge in [-0.1, -0.05) is 34.2 Å². The minimum absolute atomic E-state index is 0.162. The van der Waals surface area contributed by atoms with Gasteiger partial charge in [0, 0.05) is 16.7 Å². The van der Waals surface area contributed by atoms with E-state index in [1.807, 2.05) is 19.1 Å². The molecule has 1 N–H and O–H groups in total. The van der Waals surface area contributed by atoms with Crippen LogP contribution < -0.4 is 10.1 Å². The highest BCUT2D eigenvalue weighted by Gasteiger charge is 2.30. The Morgan fingerprint density at radius 2 is 1.93 bits per heavy atom. The van der Waals surface area contributed by atoms with Crippen molar-refractivity contribution in [2.45, 2.75) is 26.1 Å². The molecule has 0 fully saturated rings. The molecule has 3 aromatic rings. The average Bonchev–Trinajstić information content (AvgIpc) is 3.04. The molecular weight excluding hydrogens is 469 g/mol. The summed E-state index contributed by atoms with van der Waals surface area (Å²) in [6.07, 6.45) is -4.25. The number of benzene rings is 2. The number of aromatic nitrogens is 3. The van der Waals surface area contributed by atoms with Crippen molar-refractivity contribution in [3.63, 3.8) is 0 Å². The van der Waals surface area contributed by atoms with Crippen molar-refractivity contribution in [1.29, 1.82) is 0 Å². The van der Waals surface area contributed by atoms with Crippen LogP contribution in [0.3, 0.4) is 0 Å². The van der Waals surface area contributed by atoms with Crippen LogP contribution in [0.2, 0.25) is 0 Å². The first-order chi connectivity index (χ1) is 13.7. The number of hydrogen-bond acceptors (Lipinski definition) is 4. The van der Waals surface area contributed by atoms with Crippen molar-refractivity contribution < 1.29 is 17.9 Å². The SMILES string of the molecule is CCn1nc(CC(=S)Nc2cccc(C(F)(F)F)c2)nc1Oc1ccc(Br)cc1. The van der Waals surface area contributed by atoms with Crippen LogP contribution in [0.15, 0.2) is 53.0 Å². The highest BCUT2D eigenvalue weighted by atomic mass is 79.9. The first kappa shape index (κ1) is 21.3. The molecule has 2 aromatic carbocycles. The second kappa shape index (κ2) is 8.91. The lowest BCUT2D eigenvalue weighted by atomic mass is 10.2. The van der Waals surface area contributed by atoms with E-state index < -0.39 is 11.7 Å². The van der Waals surface area contributed by atoms with E-state index >= 15 is 0 Å². The fourth-order valence-electron chi connectivity index (χ4n) is 2.46. The molecule has 3 rings (SSSR count). The normalized spacial score (nSPS) is 11.3. The van der Waals surface area contributed by atoms with Crippen LogP contribution in [0.5, 0.6) is 11.8 Å². The van der Waals surface area contributed by atoms with Gasteiger partial charge in [-0.25, -0.2) is 4.68 Å². The van der Waals surface area contributed by atoms with Crippen molar-refractivity contribution in [1.82, 2.24) is 14.8 Å². The van der Waals surface area contributed by atoms with E-state index in [4.69, 9.17) is 17.0 Å². The average molecular weight is 485 g/mol. The van der Waals surface area contributed by atoms with Crippen LogP contribution in [-0.2, 0) is 19.1 Å². The zero-order valence-electron chi connectivity index (χ0n) is 15.2. The Balaban J connectivity index is 1.69. The van der Waals surface area contributed by atoms with Crippen LogP contribution in [0.1, 0.15) is 18.3 Å². The molecule has 1 heterocycles. The van der Waals surface area contributed by atoms with Gasteiger partial charge >= 0.3 is 12.2 Å². The van der Waals surface area contributed by atoms with Crippen molar-refractivity contribution in [3.8, 4) is 11.8 Å². The number of anilines is 1. The number of halogens is 4. The fraction of sp³-hybridized carbons (Fsp3) is 0.211. The molecule has 0 radical (unpaired) electrons. The highest BCUT2D eigenvalue weighted by Crippen LogP contribution is 2.30. The number of hydrogen-bond donors (Lipinski definition) is 1. The molecule has 0 bridgehead atoms. The van der Waals surface area contributed by atoms with E-state index in [0.717, 1.165) is 16.6 Å². The predicted molar refractivity (Wildman–Crippen MR) is 111 cm³/mol. The summed E-state index contributed by atoms with van der Waals surface area (Å²) in [6.45, 7) is 2.43. The number of nitrogens with zero attached hydrogens (tertiary/aromatic N) is 3. The van der Waals surface area contributed by atoms with Gasteiger partial charge in [-0.05, 0) is 49.4 Å². The number of nitrogens with one attached hydrogen (secondary N) is 1. The Kier molecular flexibility index (Phi) is 6.53. The van der Waals surface area contributed by atoms with Gasteiger partial charge in [-0.2, -0.15) is 23.3 Å². The van der Waals surface area contributed by atoms with Crippen molar-refractivity contribution in [3.05, 3.63) is 64.4 Å². The Labute approximate surface area is 179 Å². The van der Waals surface area contributed by atoms with Crippen LogP contribution in [0.4, 0.5) is 18.9 Å². The molecule has 0 aliphatic carbocycles. The predicted octanol–water partition coefficient (Wildman–Crippen LogP) is 5.85. The Morgan fingerprint density at radius 3 is 2.59 bits per heavy atom. The smallest absolute Gasteiger partial charge is 0.416 e. The first-order valence-corrected chi connectivity index (χ1v) is 9.79. The molecule has 10 heteroatoms. The first-order valence-electron chi connectivity index (χ1n) is 8.59. The third kappa shape index (κ3) is 5.77. The largest absolute Gasteiger partial charge is 0.424 e. The van der Waals surface area contributed by atoms with Crippen LogP contribution >= 0.6 is 28.1 Å². The third-order valence-electron chi connectivity index (χ3n) is 3.80. The highest BCUT2D eigenvalue weighted by molar-refractivity contribution is 9.10. The van der Waals surface area contributed by atoms with Gasteiger partial charge in [0.25, 0.3) is 0 Å². The molecule has 0 aliphatic heterocycles. The van der Waals surface area contributed by atoms with Crippen molar-refractivity contribution in [2.75, 3.05) is 5.32 Å². The fourth-order valence-corrected chi connectivity index (χ4v) is 2.97.